The van der Waals surface area contributed by atoms with Gasteiger partial charge in [0.1, 0.15) is 0 Å². The molecule has 0 bridgehead atoms. The molecule has 1 amide bonds. The van der Waals surface area contributed by atoms with E-state index in [-0.39, 0.29) is 5.91 Å². The number of ether oxygens (including phenoxy) is 2. The second-order valence-electron chi connectivity index (χ2n) is 7.87. The van der Waals surface area contributed by atoms with Crippen molar-refractivity contribution in [2.24, 2.45) is 0 Å². The number of hydrogen-bond acceptors (Lipinski definition) is 7. The predicted molar refractivity (Wildman–Crippen MR) is 121 cm³/mol. The molecule has 9 nitrogen and oxygen atoms in total. The Morgan fingerprint density at radius 3 is 2.55 bits per heavy atom. The summed E-state index contributed by atoms with van der Waals surface area (Å²) in [6, 6.07) is 12.8. The molecule has 0 radical (unpaired) electrons. The average Bonchev–Trinajstić information content (AvgIpc) is 3.43. The summed E-state index contributed by atoms with van der Waals surface area (Å²) in [6.07, 6.45) is 3.93. The fraction of sp³-hybridized carbons (Fsp3) is 0.250. The van der Waals surface area contributed by atoms with Gasteiger partial charge in [0.25, 0.3) is 5.91 Å². The first kappa shape index (κ1) is 20.7. The molecule has 33 heavy (non-hydrogen) atoms. The van der Waals surface area contributed by atoms with Crippen LogP contribution in [0.4, 0.5) is 5.69 Å². The number of amides is 1. The van der Waals surface area contributed by atoms with E-state index >= 15 is 0 Å². The van der Waals surface area contributed by atoms with Crippen LogP contribution in [-0.4, -0.2) is 40.0 Å². The first-order valence-corrected chi connectivity index (χ1v) is 10.6. The minimum Gasteiger partial charge on any atom is -0.493 e. The third-order valence-corrected chi connectivity index (χ3v) is 5.54. The molecule has 1 aliphatic rings. The third kappa shape index (κ3) is 4.17. The first-order valence-electron chi connectivity index (χ1n) is 10.6. The molecule has 2 aromatic carbocycles. The van der Waals surface area contributed by atoms with Gasteiger partial charge in [-0.05, 0) is 56.2 Å². The summed E-state index contributed by atoms with van der Waals surface area (Å²) in [6.45, 7) is 1.80. The topological polar surface area (TPSA) is 104 Å². The van der Waals surface area contributed by atoms with E-state index in [1.807, 2.05) is 24.3 Å². The Balaban J connectivity index is 1.33. The summed E-state index contributed by atoms with van der Waals surface area (Å²) >= 11 is 0. The van der Waals surface area contributed by atoms with E-state index in [1.165, 1.54) is 0 Å². The van der Waals surface area contributed by atoms with Gasteiger partial charge in [-0.25, -0.2) is 4.68 Å². The molecule has 0 atom stereocenters. The van der Waals surface area contributed by atoms with Crippen LogP contribution < -0.4 is 14.8 Å². The zero-order valence-corrected chi connectivity index (χ0v) is 18.5. The number of carbonyl (C=O) groups excluding carboxylic acids is 1. The van der Waals surface area contributed by atoms with Crippen molar-refractivity contribution in [1.82, 2.24) is 19.9 Å². The smallest absolute Gasteiger partial charge is 0.259 e. The Morgan fingerprint density at radius 1 is 1.09 bits per heavy atom. The van der Waals surface area contributed by atoms with Gasteiger partial charge >= 0.3 is 0 Å². The summed E-state index contributed by atoms with van der Waals surface area (Å²) in [5, 5.41) is 11.5. The molecule has 1 aliphatic carbocycles. The molecule has 1 saturated carbocycles. The van der Waals surface area contributed by atoms with E-state index in [4.69, 9.17) is 14.0 Å². The zero-order chi connectivity index (χ0) is 22.9. The fourth-order valence-electron chi connectivity index (χ4n) is 3.54. The van der Waals surface area contributed by atoms with Crippen LogP contribution in [-0.2, 0) is 0 Å². The van der Waals surface area contributed by atoms with Gasteiger partial charge in [0.15, 0.2) is 11.5 Å². The molecular formula is C24H23N5O4. The van der Waals surface area contributed by atoms with Crippen molar-refractivity contribution in [2.45, 2.75) is 25.7 Å². The molecule has 1 N–H and O–H groups in total. The van der Waals surface area contributed by atoms with Crippen LogP contribution in [0, 0.1) is 6.92 Å². The average molecular weight is 445 g/mol. The maximum Gasteiger partial charge on any atom is 0.259 e. The predicted octanol–water partition coefficient (Wildman–Crippen LogP) is 4.38. The minimum atomic E-state index is -0.262. The van der Waals surface area contributed by atoms with Crippen LogP contribution in [0.3, 0.4) is 0 Å². The Kier molecular flexibility index (Phi) is 5.29. The number of carbonyl (C=O) groups is 1. The summed E-state index contributed by atoms with van der Waals surface area (Å²) in [7, 11) is 3.11. The Bertz CT molecular complexity index is 1300. The molecule has 0 spiro atoms. The standard InChI is InChI=1S/C24H23N5O4/c1-14-19(23(30)25-17-8-11-20(31-2)21(12-17)32-3)13-29(27-14)18-9-6-15(7-10-18)22-26-24(33-28-22)16-4-5-16/h6-13,16H,4-5H2,1-3H3,(H,25,30). The normalized spacial score (nSPS) is 13.1. The largest absolute Gasteiger partial charge is 0.493 e. The minimum absolute atomic E-state index is 0.262. The highest BCUT2D eigenvalue weighted by molar-refractivity contribution is 6.05. The van der Waals surface area contributed by atoms with Crippen LogP contribution in [0.15, 0.2) is 53.2 Å². The summed E-state index contributed by atoms with van der Waals surface area (Å²) in [5.74, 6) is 2.57. The summed E-state index contributed by atoms with van der Waals surface area (Å²) < 4.78 is 17.6. The lowest BCUT2D eigenvalue weighted by Gasteiger charge is -2.10. The number of methoxy groups -OCH3 is 2. The number of benzene rings is 2. The van der Waals surface area contributed by atoms with E-state index in [0.717, 1.165) is 24.1 Å². The van der Waals surface area contributed by atoms with Gasteiger partial charge in [-0.3, -0.25) is 4.79 Å². The van der Waals surface area contributed by atoms with E-state index < -0.39 is 0 Å². The van der Waals surface area contributed by atoms with Gasteiger partial charge in [-0.1, -0.05) is 5.16 Å². The van der Waals surface area contributed by atoms with Crippen LogP contribution in [0.25, 0.3) is 17.1 Å². The van der Waals surface area contributed by atoms with Gasteiger partial charge < -0.3 is 19.3 Å². The van der Waals surface area contributed by atoms with Crippen LogP contribution in [0.1, 0.15) is 40.7 Å². The maximum absolute atomic E-state index is 12.9. The van der Waals surface area contributed by atoms with E-state index in [1.54, 1.807) is 50.2 Å². The van der Waals surface area contributed by atoms with Gasteiger partial charge in [-0.15, -0.1) is 0 Å². The number of hydrogen-bond donors (Lipinski definition) is 1. The Morgan fingerprint density at radius 2 is 1.85 bits per heavy atom. The molecule has 0 unspecified atom stereocenters. The maximum atomic E-state index is 12.9. The van der Waals surface area contributed by atoms with Crippen molar-refractivity contribution in [3.05, 3.63) is 65.8 Å². The Hall–Kier alpha value is -4.14. The number of aryl methyl sites for hydroxylation is 1. The quantitative estimate of drug-likeness (QED) is 0.450. The number of aromatic nitrogens is 4. The van der Waals surface area contributed by atoms with Gasteiger partial charge in [0, 0.05) is 29.4 Å². The van der Waals surface area contributed by atoms with Crippen molar-refractivity contribution in [3.63, 3.8) is 0 Å². The highest BCUT2D eigenvalue weighted by Gasteiger charge is 2.29. The molecule has 2 aromatic heterocycles. The van der Waals surface area contributed by atoms with Crippen LogP contribution >= 0.6 is 0 Å². The molecule has 0 aliphatic heterocycles. The molecule has 4 aromatic rings. The second kappa shape index (κ2) is 8.42. The molecule has 1 fully saturated rings. The zero-order valence-electron chi connectivity index (χ0n) is 18.5. The van der Waals surface area contributed by atoms with Gasteiger partial charge in [0.2, 0.25) is 11.7 Å². The second-order valence-corrected chi connectivity index (χ2v) is 7.87. The highest BCUT2D eigenvalue weighted by atomic mass is 16.5. The van der Waals surface area contributed by atoms with Crippen LogP contribution in [0.2, 0.25) is 0 Å². The van der Waals surface area contributed by atoms with Gasteiger partial charge in [-0.2, -0.15) is 10.1 Å². The van der Waals surface area contributed by atoms with Gasteiger partial charge in [0.05, 0.1) is 31.2 Å². The van der Waals surface area contributed by atoms with Crippen molar-refractivity contribution in [1.29, 1.82) is 0 Å². The number of anilines is 1. The van der Waals surface area contributed by atoms with Crippen molar-refractivity contribution in [2.75, 3.05) is 19.5 Å². The molecule has 2 heterocycles. The monoisotopic (exact) mass is 445 g/mol. The van der Waals surface area contributed by atoms with Crippen LogP contribution in [0.5, 0.6) is 11.5 Å². The lowest BCUT2D eigenvalue weighted by atomic mass is 10.2. The van der Waals surface area contributed by atoms with E-state index in [0.29, 0.717) is 46.1 Å². The first-order chi connectivity index (χ1) is 16.1. The number of rotatable bonds is 7. The highest BCUT2D eigenvalue weighted by Crippen LogP contribution is 2.39. The lowest BCUT2D eigenvalue weighted by Crippen LogP contribution is -2.12. The van der Waals surface area contributed by atoms with E-state index in [2.05, 4.69) is 20.6 Å². The van der Waals surface area contributed by atoms with Crippen molar-refractivity contribution < 1.29 is 18.8 Å². The molecule has 5 rings (SSSR count). The molecule has 168 valence electrons. The molecule has 0 saturated heterocycles. The van der Waals surface area contributed by atoms with Crippen molar-refractivity contribution >= 4 is 11.6 Å². The summed E-state index contributed by atoms with van der Waals surface area (Å²) in [4.78, 5) is 17.4. The molecular weight excluding hydrogens is 422 g/mol. The molecule has 9 heteroatoms. The van der Waals surface area contributed by atoms with Crippen molar-refractivity contribution in [3.8, 4) is 28.6 Å². The SMILES string of the molecule is COc1ccc(NC(=O)c2cn(-c3ccc(-c4noc(C5CC5)n4)cc3)nc2C)cc1OC. The fourth-order valence-corrected chi connectivity index (χ4v) is 3.54. The number of nitrogens with one attached hydrogen (secondary N) is 1. The number of nitrogens with zero attached hydrogens (tertiary/aromatic N) is 4. The lowest BCUT2D eigenvalue weighted by molar-refractivity contribution is 0.102. The third-order valence-electron chi connectivity index (χ3n) is 5.54. The Labute approximate surface area is 190 Å². The van der Waals surface area contributed by atoms with E-state index in [9.17, 15) is 4.79 Å². The summed E-state index contributed by atoms with van der Waals surface area (Å²) in [5.41, 5.74) is 3.37.